The number of anilines is 1. The second-order valence-corrected chi connectivity index (χ2v) is 7.51. The molecular formula is C17H23BrN2S. The number of nitrogens with zero attached hydrogens (tertiary/aromatic N) is 1. The van der Waals surface area contributed by atoms with Gasteiger partial charge in [0.15, 0.2) is 0 Å². The predicted octanol–water partition coefficient (Wildman–Crippen LogP) is 5.21. The molecule has 2 aromatic rings. The second kappa shape index (κ2) is 7.43. The van der Waals surface area contributed by atoms with Gasteiger partial charge >= 0.3 is 0 Å². The zero-order valence-electron chi connectivity index (χ0n) is 13.1. The summed E-state index contributed by atoms with van der Waals surface area (Å²) < 4.78 is 1.13. The first-order chi connectivity index (χ1) is 9.99. The minimum atomic E-state index is 0.379. The summed E-state index contributed by atoms with van der Waals surface area (Å²) in [6.07, 6.45) is 0. The first-order valence-corrected chi connectivity index (χ1v) is 8.94. The molecule has 1 aromatic carbocycles. The molecule has 1 heterocycles. The maximum atomic E-state index is 3.58. The molecule has 0 radical (unpaired) electrons. The van der Waals surface area contributed by atoms with Crippen LogP contribution in [0.5, 0.6) is 0 Å². The van der Waals surface area contributed by atoms with E-state index in [1.165, 1.54) is 16.1 Å². The van der Waals surface area contributed by atoms with E-state index in [-0.39, 0.29) is 0 Å². The Morgan fingerprint density at radius 3 is 2.62 bits per heavy atom. The second-order valence-electron chi connectivity index (χ2n) is 5.61. The standard InChI is InChI=1S/C17H23BrN2S/c1-12(2)19-11-14-10-15(18)7-8-16(14)20(4)13(3)17-6-5-9-21-17/h5-10,12-13,19H,11H2,1-4H3. The summed E-state index contributed by atoms with van der Waals surface area (Å²) in [5.41, 5.74) is 2.61. The number of halogens is 1. The number of nitrogens with one attached hydrogen (secondary N) is 1. The van der Waals surface area contributed by atoms with Crippen molar-refractivity contribution in [1.82, 2.24) is 5.32 Å². The largest absolute Gasteiger partial charge is 0.367 e. The van der Waals surface area contributed by atoms with Crippen molar-refractivity contribution in [2.24, 2.45) is 0 Å². The predicted molar refractivity (Wildman–Crippen MR) is 97.3 cm³/mol. The Hall–Kier alpha value is -0.840. The third-order valence-electron chi connectivity index (χ3n) is 3.66. The molecular weight excluding hydrogens is 344 g/mol. The lowest BCUT2D eigenvalue weighted by Gasteiger charge is -2.29. The zero-order valence-corrected chi connectivity index (χ0v) is 15.5. The van der Waals surface area contributed by atoms with E-state index in [0.29, 0.717) is 12.1 Å². The van der Waals surface area contributed by atoms with E-state index in [1.807, 2.05) is 11.3 Å². The lowest BCUT2D eigenvalue weighted by molar-refractivity contribution is 0.587. The van der Waals surface area contributed by atoms with Gasteiger partial charge in [-0.05, 0) is 42.1 Å². The molecule has 0 saturated heterocycles. The average molecular weight is 367 g/mol. The van der Waals surface area contributed by atoms with Crippen LogP contribution in [0.3, 0.4) is 0 Å². The highest BCUT2D eigenvalue weighted by molar-refractivity contribution is 9.10. The molecule has 2 rings (SSSR count). The number of hydrogen-bond acceptors (Lipinski definition) is 3. The molecule has 4 heteroatoms. The Kier molecular flexibility index (Phi) is 5.85. The molecule has 0 bridgehead atoms. The molecule has 1 N–H and O–H groups in total. The van der Waals surface area contributed by atoms with Crippen molar-refractivity contribution in [3.63, 3.8) is 0 Å². The minimum absolute atomic E-state index is 0.379. The average Bonchev–Trinajstić information content (AvgIpc) is 2.97. The van der Waals surface area contributed by atoms with Gasteiger partial charge in [0, 0.05) is 34.7 Å². The molecule has 21 heavy (non-hydrogen) atoms. The molecule has 2 nitrogen and oxygen atoms in total. The van der Waals surface area contributed by atoms with Crippen LogP contribution in [0.1, 0.15) is 37.3 Å². The molecule has 0 fully saturated rings. The smallest absolute Gasteiger partial charge is 0.0603 e. The number of thiophene rings is 1. The maximum absolute atomic E-state index is 3.58. The Balaban J connectivity index is 2.25. The highest BCUT2D eigenvalue weighted by Gasteiger charge is 2.16. The normalized spacial score (nSPS) is 12.7. The van der Waals surface area contributed by atoms with Crippen molar-refractivity contribution in [2.75, 3.05) is 11.9 Å². The third-order valence-corrected chi connectivity index (χ3v) is 5.19. The minimum Gasteiger partial charge on any atom is -0.367 e. The number of benzene rings is 1. The molecule has 0 aliphatic carbocycles. The van der Waals surface area contributed by atoms with Crippen molar-refractivity contribution < 1.29 is 0 Å². The zero-order chi connectivity index (χ0) is 15.4. The van der Waals surface area contributed by atoms with Crippen molar-refractivity contribution >= 4 is 33.0 Å². The summed E-state index contributed by atoms with van der Waals surface area (Å²) in [5.74, 6) is 0. The van der Waals surface area contributed by atoms with E-state index in [9.17, 15) is 0 Å². The van der Waals surface area contributed by atoms with Crippen LogP contribution >= 0.6 is 27.3 Å². The molecule has 0 aliphatic heterocycles. The maximum Gasteiger partial charge on any atom is 0.0603 e. The van der Waals surface area contributed by atoms with Gasteiger partial charge in [-0.15, -0.1) is 11.3 Å². The van der Waals surface area contributed by atoms with Crippen LogP contribution in [-0.2, 0) is 6.54 Å². The fourth-order valence-electron chi connectivity index (χ4n) is 2.28. The highest BCUT2D eigenvalue weighted by atomic mass is 79.9. The SMILES string of the molecule is CC(C)NCc1cc(Br)ccc1N(C)C(C)c1cccs1. The monoisotopic (exact) mass is 366 g/mol. The highest BCUT2D eigenvalue weighted by Crippen LogP contribution is 2.31. The van der Waals surface area contributed by atoms with Crippen molar-refractivity contribution in [3.8, 4) is 0 Å². The molecule has 0 aliphatic rings. The van der Waals surface area contributed by atoms with Gasteiger partial charge in [0.25, 0.3) is 0 Å². The first kappa shape index (κ1) is 16.5. The van der Waals surface area contributed by atoms with Crippen molar-refractivity contribution in [1.29, 1.82) is 0 Å². The van der Waals surface area contributed by atoms with Gasteiger partial charge in [-0.2, -0.15) is 0 Å². The lowest BCUT2D eigenvalue weighted by atomic mass is 10.1. The van der Waals surface area contributed by atoms with Crippen LogP contribution in [-0.4, -0.2) is 13.1 Å². The molecule has 1 atom stereocenters. The first-order valence-electron chi connectivity index (χ1n) is 7.27. The van der Waals surface area contributed by atoms with E-state index in [2.05, 4.69) is 89.7 Å². The quantitative estimate of drug-likeness (QED) is 0.754. The number of hydrogen-bond donors (Lipinski definition) is 1. The Morgan fingerprint density at radius 1 is 1.24 bits per heavy atom. The molecule has 1 aromatic heterocycles. The Labute approximate surface area is 140 Å². The van der Waals surface area contributed by atoms with Crippen LogP contribution < -0.4 is 10.2 Å². The van der Waals surface area contributed by atoms with E-state index >= 15 is 0 Å². The van der Waals surface area contributed by atoms with E-state index < -0.39 is 0 Å². The van der Waals surface area contributed by atoms with Gasteiger partial charge in [-0.25, -0.2) is 0 Å². The summed E-state index contributed by atoms with van der Waals surface area (Å²) in [4.78, 5) is 3.75. The van der Waals surface area contributed by atoms with Crippen LogP contribution in [0.15, 0.2) is 40.2 Å². The van der Waals surface area contributed by atoms with Crippen LogP contribution in [0, 0.1) is 0 Å². The van der Waals surface area contributed by atoms with E-state index in [4.69, 9.17) is 0 Å². The molecule has 1 unspecified atom stereocenters. The van der Waals surface area contributed by atoms with Gasteiger partial charge in [0.05, 0.1) is 6.04 Å². The van der Waals surface area contributed by atoms with Gasteiger partial charge in [-0.3, -0.25) is 0 Å². The third kappa shape index (κ3) is 4.31. The summed E-state index contributed by atoms with van der Waals surface area (Å²) in [7, 11) is 2.17. The molecule has 0 saturated carbocycles. The van der Waals surface area contributed by atoms with E-state index in [0.717, 1.165) is 11.0 Å². The van der Waals surface area contributed by atoms with Gasteiger partial charge in [0.2, 0.25) is 0 Å². The van der Waals surface area contributed by atoms with Crippen LogP contribution in [0.25, 0.3) is 0 Å². The van der Waals surface area contributed by atoms with Crippen LogP contribution in [0.4, 0.5) is 5.69 Å². The Bertz CT molecular complexity index is 566. The molecule has 114 valence electrons. The van der Waals surface area contributed by atoms with Gasteiger partial charge < -0.3 is 10.2 Å². The van der Waals surface area contributed by atoms with Crippen molar-refractivity contribution in [2.45, 2.75) is 39.4 Å². The topological polar surface area (TPSA) is 15.3 Å². The fraction of sp³-hybridized carbons (Fsp3) is 0.412. The lowest BCUT2D eigenvalue weighted by Crippen LogP contribution is -2.26. The van der Waals surface area contributed by atoms with Gasteiger partial charge in [0.1, 0.15) is 0 Å². The number of rotatable bonds is 6. The van der Waals surface area contributed by atoms with E-state index in [1.54, 1.807) is 0 Å². The molecule has 0 amide bonds. The fourth-order valence-corrected chi connectivity index (χ4v) is 3.52. The molecule has 0 spiro atoms. The summed E-state index contributed by atoms with van der Waals surface area (Å²) in [6, 6.07) is 11.7. The summed E-state index contributed by atoms with van der Waals surface area (Å²) in [6.45, 7) is 7.49. The summed E-state index contributed by atoms with van der Waals surface area (Å²) in [5, 5.41) is 5.65. The van der Waals surface area contributed by atoms with Crippen molar-refractivity contribution in [3.05, 3.63) is 50.6 Å². The summed E-state index contributed by atoms with van der Waals surface area (Å²) >= 11 is 5.40. The Morgan fingerprint density at radius 2 is 2.00 bits per heavy atom. The van der Waals surface area contributed by atoms with Crippen LogP contribution in [0.2, 0.25) is 0 Å². The van der Waals surface area contributed by atoms with Gasteiger partial charge in [-0.1, -0.05) is 35.8 Å².